The van der Waals surface area contributed by atoms with E-state index in [2.05, 4.69) is 31.2 Å². The maximum absolute atomic E-state index is 12.7. The summed E-state index contributed by atoms with van der Waals surface area (Å²) in [6, 6.07) is 7.46. The van der Waals surface area contributed by atoms with Gasteiger partial charge >= 0.3 is 0 Å². The summed E-state index contributed by atoms with van der Waals surface area (Å²) in [5, 5.41) is 5.35. The Bertz CT molecular complexity index is 837. The molecule has 0 radical (unpaired) electrons. The van der Waals surface area contributed by atoms with E-state index in [1.165, 1.54) is 18.6 Å². The first-order chi connectivity index (χ1) is 12.0. The second-order valence-corrected chi connectivity index (χ2v) is 7.45. The van der Waals surface area contributed by atoms with Gasteiger partial charge < -0.3 is 0 Å². The lowest BCUT2D eigenvalue weighted by Crippen LogP contribution is -2.29. The SMILES string of the molecule is CCn1c(N/N=C2/C[C@H](C)CC[C@H]2C(C)C)nc2ccccc2c1=O. The third-order valence-corrected chi connectivity index (χ3v) is 5.24. The minimum absolute atomic E-state index is 0.0202. The van der Waals surface area contributed by atoms with Crippen molar-refractivity contribution in [2.45, 2.75) is 53.5 Å². The molecule has 1 aromatic heterocycles. The van der Waals surface area contributed by atoms with Crippen molar-refractivity contribution in [2.75, 3.05) is 5.43 Å². The van der Waals surface area contributed by atoms with Gasteiger partial charge in [0.15, 0.2) is 0 Å². The molecule has 1 heterocycles. The summed E-state index contributed by atoms with van der Waals surface area (Å²) in [4.78, 5) is 17.3. The van der Waals surface area contributed by atoms with Crippen molar-refractivity contribution in [2.24, 2.45) is 22.9 Å². The van der Waals surface area contributed by atoms with Crippen molar-refractivity contribution in [1.29, 1.82) is 0 Å². The molecule has 0 saturated heterocycles. The van der Waals surface area contributed by atoms with Gasteiger partial charge in [0, 0.05) is 18.2 Å². The molecule has 5 nitrogen and oxygen atoms in total. The minimum atomic E-state index is -0.0202. The largest absolute Gasteiger partial charge is 0.277 e. The third kappa shape index (κ3) is 3.60. The lowest BCUT2D eigenvalue weighted by Gasteiger charge is -2.30. The average molecular weight is 340 g/mol. The summed E-state index contributed by atoms with van der Waals surface area (Å²) < 4.78 is 1.66. The summed E-state index contributed by atoms with van der Waals surface area (Å²) in [6.07, 6.45) is 3.46. The van der Waals surface area contributed by atoms with E-state index < -0.39 is 0 Å². The fourth-order valence-corrected chi connectivity index (χ4v) is 3.76. The van der Waals surface area contributed by atoms with E-state index in [1.54, 1.807) is 4.57 Å². The maximum atomic E-state index is 12.7. The van der Waals surface area contributed by atoms with Gasteiger partial charge in [0.2, 0.25) is 5.95 Å². The minimum Gasteiger partial charge on any atom is -0.277 e. The monoisotopic (exact) mass is 340 g/mol. The second-order valence-electron chi connectivity index (χ2n) is 7.45. The van der Waals surface area contributed by atoms with Gasteiger partial charge in [0.05, 0.1) is 10.9 Å². The van der Waals surface area contributed by atoms with Crippen LogP contribution in [0.25, 0.3) is 10.9 Å². The summed E-state index contributed by atoms with van der Waals surface area (Å²) in [5.41, 5.74) is 5.01. The Kier molecular flexibility index (Phi) is 5.21. The molecular formula is C20H28N4O. The van der Waals surface area contributed by atoms with Gasteiger partial charge in [0.25, 0.3) is 5.56 Å². The Morgan fingerprint density at radius 2 is 2.08 bits per heavy atom. The van der Waals surface area contributed by atoms with E-state index in [0.29, 0.717) is 41.1 Å². The Labute approximate surface area is 149 Å². The number of para-hydroxylation sites is 1. The molecule has 1 aromatic carbocycles. The zero-order valence-corrected chi connectivity index (χ0v) is 15.6. The summed E-state index contributed by atoms with van der Waals surface area (Å²) in [6.45, 7) is 9.31. The van der Waals surface area contributed by atoms with E-state index in [4.69, 9.17) is 5.10 Å². The van der Waals surface area contributed by atoms with Crippen LogP contribution >= 0.6 is 0 Å². The van der Waals surface area contributed by atoms with Gasteiger partial charge in [-0.25, -0.2) is 10.4 Å². The van der Waals surface area contributed by atoms with Crippen LogP contribution in [0.1, 0.15) is 47.0 Å². The molecule has 1 saturated carbocycles. The van der Waals surface area contributed by atoms with Crippen LogP contribution in [0.5, 0.6) is 0 Å². The van der Waals surface area contributed by atoms with Gasteiger partial charge in [-0.15, -0.1) is 0 Å². The molecule has 0 aliphatic heterocycles. The Hall–Kier alpha value is -2.17. The Balaban J connectivity index is 1.98. The Morgan fingerprint density at radius 3 is 2.80 bits per heavy atom. The zero-order chi connectivity index (χ0) is 18.0. The highest BCUT2D eigenvalue weighted by atomic mass is 16.1. The lowest BCUT2D eigenvalue weighted by molar-refractivity contribution is 0.364. The first-order valence-electron chi connectivity index (χ1n) is 9.33. The third-order valence-electron chi connectivity index (χ3n) is 5.24. The molecule has 0 unspecified atom stereocenters. The van der Waals surface area contributed by atoms with Crippen LogP contribution in [-0.2, 0) is 6.54 Å². The number of fused-ring (bicyclic) bond motifs is 1. The predicted octanol–water partition coefficient (Wildman–Crippen LogP) is 4.28. The van der Waals surface area contributed by atoms with Gasteiger partial charge in [0.1, 0.15) is 0 Å². The molecule has 2 aromatic rings. The molecule has 0 bridgehead atoms. The van der Waals surface area contributed by atoms with Crippen LogP contribution < -0.4 is 11.0 Å². The van der Waals surface area contributed by atoms with E-state index >= 15 is 0 Å². The molecule has 1 aliphatic rings. The number of hydrogen-bond donors (Lipinski definition) is 1. The van der Waals surface area contributed by atoms with Crippen molar-refractivity contribution in [3.05, 3.63) is 34.6 Å². The molecule has 1 N–H and O–H groups in total. The van der Waals surface area contributed by atoms with Crippen LogP contribution in [0.15, 0.2) is 34.2 Å². The number of nitrogens with one attached hydrogen (secondary N) is 1. The molecule has 0 spiro atoms. The normalized spacial score (nSPS) is 22.7. The summed E-state index contributed by atoms with van der Waals surface area (Å²) in [7, 11) is 0. The Morgan fingerprint density at radius 1 is 1.32 bits per heavy atom. The number of rotatable bonds is 4. The van der Waals surface area contributed by atoms with Crippen LogP contribution in [0.2, 0.25) is 0 Å². The van der Waals surface area contributed by atoms with Gasteiger partial charge in [-0.2, -0.15) is 5.10 Å². The van der Waals surface area contributed by atoms with E-state index in [0.717, 1.165) is 6.42 Å². The average Bonchev–Trinajstić information content (AvgIpc) is 2.60. The van der Waals surface area contributed by atoms with E-state index in [1.807, 2.05) is 31.2 Å². The number of hydrogen-bond acceptors (Lipinski definition) is 4. The number of benzene rings is 1. The summed E-state index contributed by atoms with van der Waals surface area (Å²) in [5.74, 6) is 2.27. The van der Waals surface area contributed by atoms with Crippen molar-refractivity contribution >= 4 is 22.6 Å². The number of hydrazone groups is 1. The first-order valence-corrected chi connectivity index (χ1v) is 9.33. The number of nitrogens with zero attached hydrogens (tertiary/aromatic N) is 3. The zero-order valence-electron chi connectivity index (χ0n) is 15.6. The molecule has 1 aliphatic carbocycles. The fourth-order valence-electron chi connectivity index (χ4n) is 3.76. The molecular weight excluding hydrogens is 312 g/mol. The maximum Gasteiger partial charge on any atom is 0.262 e. The predicted molar refractivity (Wildman–Crippen MR) is 104 cm³/mol. The standard InChI is InChI=1S/C20H28N4O/c1-5-24-19(25)16-8-6-7-9-17(16)21-20(24)23-22-18-12-14(4)10-11-15(18)13(2)3/h6-9,13-15H,5,10-12H2,1-4H3,(H,21,23)/b22-18-/t14-,15+/m1/s1. The van der Waals surface area contributed by atoms with Crippen LogP contribution in [0.4, 0.5) is 5.95 Å². The molecule has 5 heteroatoms. The smallest absolute Gasteiger partial charge is 0.262 e. The lowest BCUT2D eigenvalue weighted by atomic mass is 9.76. The molecule has 134 valence electrons. The molecule has 3 rings (SSSR count). The number of aromatic nitrogens is 2. The molecule has 0 amide bonds. The molecule has 1 fully saturated rings. The van der Waals surface area contributed by atoms with Gasteiger partial charge in [-0.1, -0.05) is 32.9 Å². The molecule has 2 atom stereocenters. The van der Waals surface area contributed by atoms with E-state index in [-0.39, 0.29) is 5.56 Å². The quantitative estimate of drug-likeness (QED) is 0.845. The van der Waals surface area contributed by atoms with Gasteiger partial charge in [-0.3, -0.25) is 9.36 Å². The van der Waals surface area contributed by atoms with Crippen molar-refractivity contribution < 1.29 is 0 Å². The van der Waals surface area contributed by atoms with E-state index in [9.17, 15) is 4.79 Å². The highest BCUT2D eigenvalue weighted by Crippen LogP contribution is 2.31. The highest BCUT2D eigenvalue weighted by Gasteiger charge is 2.27. The fraction of sp³-hybridized carbons (Fsp3) is 0.550. The first kappa shape index (κ1) is 17.6. The number of anilines is 1. The van der Waals surface area contributed by atoms with Crippen molar-refractivity contribution in [3.8, 4) is 0 Å². The van der Waals surface area contributed by atoms with Crippen LogP contribution in [0.3, 0.4) is 0 Å². The van der Waals surface area contributed by atoms with Crippen LogP contribution in [0, 0.1) is 17.8 Å². The van der Waals surface area contributed by atoms with Crippen molar-refractivity contribution in [1.82, 2.24) is 9.55 Å². The highest BCUT2D eigenvalue weighted by molar-refractivity contribution is 5.88. The topological polar surface area (TPSA) is 59.3 Å². The summed E-state index contributed by atoms with van der Waals surface area (Å²) >= 11 is 0. The van der Waals surface area contributed by atoms with Crippen LogP contribution in [-0.4, -0.2) is 15.3 Å². The van der Waals surface area contributed by atoms with Crippen molar-refractivity contribution in [3.63, 3.8) is 0 Å². The molecule has 25 heavy (non-hydrogen) atoms. The van der Waals surface area contributed by atoms with Gasteiger partial charge in [-0.05, 0) is 50.2 Å². The second kappa shape index (κ2) is 7.38.